The van der Waals surface area contributed by atoms with Gasteiger partial charge >= 0.3 is 0 Å². The second kappa shape index (κ2) is 6.14. The van der Waals surface area contributed by atoms with E-state index in [1.54, 1.807) is 19.1 Å². The van der Waals surface area contributed by atoms with Gasteiger partial charge in [-0.3, -0.25) is 4.48 Å². The Bertz CT molecular complexity index is 586. The van der Waals surface area contributed by atoms with Gasteiger partial charge in [-0.25, -0.2) is 8.42 Å². The van der Waals surface area contributed by atoms with Gasteiger partial charge in [-0.2, -0.15) is 0 Å². The van der Waals surface area contributed by atoms with Crippen LogP contribution in [0.3, 0.4) is 0 Å². The second-order valence-corrected chi connectivity index (χ2v) is 6.30. The third kappa shape index (κ3) is 5.38. The summed E-state index contributed by atoms with van der Waals surface area (Å²) in [5, 5.41) is 0. The minimum Gasteiger partial charge on any atom is -0.744 e. The van der Waals surface area contributed by atoms with Gasteiger partial charge in [-0.15, -0.1) is 0 Å². The SMILES string of the molecule is C[N+]1(C)C=CC=CC1.Cc1ccccc1S(=O)(=O)[O-]. The molecule has 0 radical (unpaired) electrons. The molecule has 19 heavy (non-hydrogen) atoms. The molecule has 0 N–H and O–H groups in total. The molecule has 1 heterocycles. The number of hydrogen-bond donors (Lipinski definition) is 0. The highest BCUT2D eigenvalue weighted by atomic mass is 32.2. The van der Waals surface area contributed by atoms with Gasteiger partial charge in [0.1, 0.15) is 16.7 Å². The van der Waals surface area contributed by atoms with Crippen molar-refractivity contribution in [3.8, 4) is 0 Å². The van der Waals surface area contributed by atoms with Gasteiger partial charge in [0.25, 0.3) is 0 Å². The van der Waals surface area contributed by atoms with E-state index < -0.39 is 10.1 Å². The van der Waals surface area contributed by atoms with E-state index in [0.717, 1.165) is 11.0 Å². The largest absolute Gasteiger partial charge is 0.744 e. The molecule has 0 bridgehead atoms. The molecule has 1 aliphatic heterocycles. The van der Waals surface area contributed by atoms with E-state index in [4.69, 9.17) is 0 Å². The number of benzene rings is 1. The van der Waals surface area contributed by atoms with Crippen LogP contribution in [0.5, 0.6) is 0 Å². The average molecular weight is 281 g/mol. The second-order valence-electron chi connectivity index (χ2n) is 4.95. The molecule has 1 aliphatic rings. The van der Waals surface area contributed by atoms with Gasteiger partial charge in [-0.1, -0.05) is 24.3 Å². The molecule has 2 rings (SSSR count). The maximum absolute atomic E-state index is 10.5. The first-order chi connectivity index (χ1) is 8.72. The van der Waals surface area contributed by atoms with Crippen molar-refractivity contribution in [2.75, 3.05) is 20.6 Å². The predicted molar refractivity (Wildman–Crippen MR) is 74.4 cm³/mol. The highest BCUT2D eigenvalue weighted by Crippen LogP contribution is 2.12. The van der Waals surface area contributed by atoms with Crippen LogP contribution in [0.25, 0.3) is 0 Å². The number of likely N-dealkylation sites (N-methyl/N-ethyl adjacent to an activating group) is 1. The van der Waals surface area contributed by atoms with Crippen LogP contribution in [0.1, 0.15) is 5.56 Å². The first-order valence-corrected chi connectivity index (χ1v) is 7.32. The summed E-state index contributed by atoms with van der Waals surface area (Å²) in [6, 6.07) is 6.10. The van der Waals surface area contributed by atoms with Crippen LogP contribution in [0.2, 0.25) is 0 Å². The summed E-state index contributed by atoms with van der Waals surface area (Å²) in [6.45, 7) is 2.71. The summed E-state index contributed by atoms with van der Waals surface area (Å²) in [5.41, 5.74) is 0.488. The normalized spacial score (nSPS) is 16.6. The lowest BCUT2D eigenvalue weighted by Crippen LogP contribution is -2.34. The molecule has 0 aliphatic carbocycles. The van der Waals surface area contributed by atoms with Gasteiger partial charge in [0, 0.05) is 0 Å². The van der Waals surface area contributed by atoms with E-state index in [9.17, 15) is 13.0 Å². The number of rotatable bonds is 1. The van der Waals surface area contributed by atoms with Crippen LogP contribution < -0.4 is 0 Å². The first kappa shape index (κ1) is 15.6. The molecule has 4 nitrogen and oxygen atoms in total. The van der Waals surface area contributed by atoms with E-state index >= 15 is 0 Å². The minimum absolute atomic E-state index is 0.139. The summed E-state index contributed by atoms with van der Waals surface area (Å²) in [4.78, 5) is -0.139. The number of aryl methyl sites for hydroxylation is 1. The monoisotopic (exact) mass is 281 g/mol. The Morgan fingerprint density at radius 1 is 1.16 bits per heavy atom. The highest BCUT2D eigenvalue weighted by Gasteiger charge is 2.08. The summed E-state index contributed by atoms with van der Waals surface area (Å²) in [6.07, 6.45) is 8.53. The molecule has 0 fully saturated rings. The Balaban J connectivity index is 0.000000200. The average Bonchev–Trinajstić information content (AvgIpc) is 2.28. The first-order valence-electron chi connectivity index (χ1n) is 5.91. The van der Waals surface area contributed by atoms with Crippen LogP contribution in [0.4, 0.5) is 0 Å². The molecule has 1 aromatic carbocycles. The van der Waals surface area contributed by atoms with E-state index in [0.29, 0.717) is 5.56 Å². The Hall–Kier alpha value is -1.43. The Labute approximate surface area is 115 Å². The van der Waals surface area contributed by atoms with Crippen molar-refractivity contribution in [3.63, 3.8) is 0 Å². The van der Waals surface area contributed by atoms with E-state index in [-0.39, 0.29) is 4.90 Å². The number of hydrogen-bond acceptors (Lipinski definition) is 3. The highest BCUT2D eigenvalue weighted by molar-refractivity contribution is 7.85. The lowest BCUT2D eigenvalue weighted by molar-refractivity contribution is -0.833. The summed E-state index contributed by atoms with van der Waals surface area (Å²) in [7, 11) is 0.0776. The number of quaternary nitrogens is 1. The van der Waals surface area contributed by atoms with Crippen LogP contribution in [0.15, 0.2) is 53.6 Å². The zero-order chi connectivity index (χ0) is 14.5. The predicted octanol–water partition coefficient (Wildman–Crippen LogP) is 2.05. The van der Waals surface area contributed by atoms with Gasteiger partial charge in [0.15, 0.2) is 0 Å². The zero-order valence-electron chi connectivity index (χ0n) is 11.4. The Morgan fingerprint density at radius 3 is 2.11 bits per heavy atom. The maximum Gasteiger partial charge on any atom is 0.124 e. The van der Waals surface area contributed by atoms with Crippen molar-refractivity contribution in [1.82, 2.24) is 0 Å². The Morgan fingerprint density at radius 2 is 1.79 bits per heavy atom. The van der Waals surface area contributed by atoms with Gasteiger partial charge < -0.3 is 4.55 Å². The fourth-order valence-electron chi connectivity index (χ4n) is 1.59. The van der Waals surface area contributed by atoms with Crippen molar-refractivity contribution >= 4 is 10.1 Å². The molecule has 0 unspecified atom stereocenters. The lowest BCUT2D eigenvalue weighted by Gasteiger charge is -2.24. The third-order valence-electron chi connectivity index (χ3n) is 2.68. The maximum atomic E-state index is 10.5. The fourth-order valence-corrected chi connectivity index (χ4v) is 2.30. The topological polar surface area (TPSA) is 57.2 Å². The van der Waals surface area contributed by atoms with Crippen molar-refractivity contribution < 1.29 is 17.5 Å². The van der Waals surface area contributed by atoms with Crippen LogP contribution >= 0.6 is 0 Å². The minimum atomic E-state index is -4.28. The van der Waals surface area contributed by atoms with Crippen LogP contribution in [-0.2, 0) is 10.1 Å². The third-order valence-corrected chi connectivity index (χ3v) is 3.67. The smallest absolute Gasteiger partial charge is 0.124 e. The number of allylic oxidation sites excluding steroid dienone is 2. The molecule has 0 aromatic heterocycles. The zero-order valence-corrected chi connectivity index (χ0v) is 12.2. The van der Waals surface area contributed by atoms with Gasteiger partial charge in [0.05, 0.1) is 25.2 Å². The summed E-state index contributed by atoms with van der Waals surface area (Å²) in [5.74, 6) is 0. The van der Waals surface area contributed by atoms with E-state index in [1.807, 2.05) is 0 Å². The fraction of sp³-hybridized carbons (Fsp3) is 0.286. The molecular formula is C14H19NO3S. The van der Waals surface area contributed by atoms with Gasteiger partial charge in [0.2, 0.25) is 0 Å². The summed E-state index contributed by atoms with van der Waals surface area (Å²) < 4.78 is 32.5. The standard InChI is InChI=1S/C7H12N.C7H8O3S/c1-8(2)6-4-3-5-7-8;1-6-4-2-3-5-7(6)11(8,9)10/h3-6H,7H2,1-2H3;2-5H,1H3,(H,8,9,10)/q+1;/p-1. The van der Waals surface area contributed by atoms with E-state index in [2.05, 4.69) is 38.5 Å². The molecule has 0 amide bonds. The van der Waals surface area contributed by atoms with Gasteiger partial charge in [-0.05, 0) is 30.7 Å². The molecule has 0 spiro atoms. The van der Waals surface area contributed by atoms with Crippen LogP contribution in [-0.4, -0.2) is 38.1 Å². The summed E-state index contributed by atoms with van der Waals surface area (Å²) >= 11 is 0. The molecule has 0 atom stereocenters. The molecule has 0 saturated heterocycles. The van der Waals surface area contributed by atoms with E-state index in [1.165, 1.54) is 12.1 Å². The quantitative estimate of drug-likeness (QED) is 0.584. The Kier molecular flexibility index (Phi) is 5.05. The van der Waals surface area contributed by atoms with Crippen molar-refractivity contribution in [2.45, 2.75) is 11.8 Å². The molecule has 0 saturated carbocycles. The van der Waals surface area contributed by atoms with Crippen molar-refractivity contribution in [1.29, 1.82) is 0 Å². The van der Waals surface area contributed by atoms with Crippen LogP contribution in [0, 0.1) is 6.92 Å². The number of nitrogens with zero attached hydrogens (tertiary/aromatic N) is 1. The van der Waals surface area contributed by atoms with Crippen molar-refractivity contribution in [3.05, 3.63) is 54.3 Å². The van der Waals surface area contributed by atoms with Crippen molar-refractivity contribution in [2.24, 2.45) is 0 Å². The molecule has 1 aromatic rings. The molecule has 5 heteroatoms. The molecule has 104 valence electrons. The molecular weight excluding hydrogens is 262 g/mol. The lowest BCUT2D eigenvalue weighted by atomic mass is 10.2.